The number of ketones is 1. The van der Waals surface area contributed by atoms with E-state index in [0.717, 1.165) is 11.3 Å². The molecule has 0 bridgehead atoms. The van der Waals surface area contributed by atoms with E-state index in [2.05, 4.69) is 15.7 Å². The Balaban J connectivity index is 1.62. The maximum Gasteiger partial charge on any atom is 0.176 e. The Labute approximate surface area is 172 Å². The van der Waals surface area contributed by atoms with E-state index in [1.807, 2.05) is 24.4 Å². The zero-order valence-corrected chi connectivity index (χ0v) is 16.7. The number of thiocarbonyl (C=S) groups is 1. The van der Waals surface area contributed by atoms with Gasteiger partial charge in [-0.05, 0) is 49.0 Å². The number of anilines is 2. The average molecular weight is 419 g/mol. The number of Topliss-reactive ketones (excluding diaryl/α,β-unsaturated/α-hetero) is 1. The highest BCUT2D eigenvalue weighted by molar-refractivity contribution is 7.80. The zero-order chi connectivity index (χ0) is 19.4. The minimum absolute atomic E-state index is 0.00266. The molecule has 1 aromatic heterocycles. The standard InChI is InChI=1S/C19H16Cl2N4OS/c1-12(26)13-3-2-4-16(9-13)22-19(27)23-18-7-8-25(24-18)11-14-5-6-15(20)10-17(14)21/h2-10H,11H2,1H3,(H2,22,23,24,27). The largest absolute Gasteiger partial charge is 0.332 e. The summed E-state index contributed by atoms with van der Waals surface area (Å²) in [6.07, 6.45) is 1.83. The molecule has 3 aromatic rings. The summed E-state index contributed by atoms with van der Waals surface area (Å²) in [5.74, 6) is 0.595. The molecule has 2 N–H and O–H groups in total. The topological polar surface area (TPSA) is 59.0 Å². The SMILES string of the molecule is CC(=O)c1cccc(NC(=S)Nc2ccn(Cc3ccc(Cl)cc3Cl)n2)c1. The van der Waals surface area contributed by atoms with Gasteiger partial charge in [-0.3, -0.25) is 9.48 Å². The summed E-state index contributed by atoms with van der Waals surface area (Å²) in [5, 5.41) is 12.1. The first kappa shape index (κ1) is 19.4. The van der Waals surface area contributed by atoms with E-state index in [9.17, 15) is 4.79 Å². The lowest BCUT2D eigenvalue weighted by atomic mass is 10.1. The average Bonchev–Trinajstić information content (AvgIpc) is 3.04. The quantitative estimate of drug-likeness (QED) is 0.437. The molecule has 0 radical (unpaired) electrons. The molecule has 0 saturated carbocycles. The van der Waals surface area contributed by atoms with Gasteiger partial charge in [-0.2, -0.15) is 5.10 Å². The van der Waals surface area contributed by atoms with Crippen molar-refractivity contribution in [3.8, 4) is 0 Å². The van der Waals surface area contributed by atoms with Gasteiger partial charge in [0.1, 0.15) is 0 Å². The second kappa shape index (κ2) is 8.52. The van der Waals surface area contributed by atoms with Gasteiger partial charge in [0.25, 0.3) is 0 Å². The van der Waals surface area contributed by atoms with Crippen LogP contribution in [0.3, 0.4) is 0 Å². The Morgan fingerprint density at radius 1 is 1.15 bits per heavy atom. The van der Waals surface area contributed by atoms with Gasteiger partial charge in [0, 0.05) is 33.6 Å². The minimum atomic E-state index is -0.00266. The molecule has 0 amide bonds. The van der Waals surface area contributed by atoms with Crippen LogP contribution < -0.4 is 10.6 Å². The van der Waals surface area contributed by atoms with Crippen LogP contribution in [0, 0.1) is 0 Å². The molecule has 0 saturated heterocycles. The number of hydrogen-bond acceptors (Lipinski definition) is 3. The number of carbonyl (C=O) groups is 1. The fourth-order valence-electron chi connectivity index (χ4n) is 2.44. The van der Waals surface area contributed by atoms with Gasteiger partial charge in [-0.1, -0.05) is 41.4 Å². The molecule has 0 aliphatic carbocycles. The molecule has 3 rings (SSSR count). The predicted molar refractivity (Wildman–Crippen MR) is 114 cm³/mol. The maximum absolute atomic E-state index is 11.5. The van der Waals surface area contributed by atoms with Crippen LogP contribution in [0.5, 0.6) is 0 Å². The normalized spacial score (nSPS) is 10.5. The van der Waals surface area contributed by atoms with E-state index in [-0.39, 0.29) is 5.78 Å². The number of halogens is 2. The number of aromatic nitrogens is 2. The molecule has 0 aliphatic rings. The van der Waals surface area contributed by atoms with Crippen LogP contribution in [0.2, 0.25) is 10.0 Å². The summed E-state index contributed by atoms with van der Waals surface area (Å²) in [4.78, 5) is 11.5. The molecule has 0 fully saturated rings. The van der Waals surface area contributed by atoms with Crippen LogP contribution in [-0.4, -0.2) is 20.7 Å². The molecule has 0 aliphatic heterocycles. The van der Waals surface area contributed by atoms with E-state index in [1.165, 1.54) is 6.92 Å². The van der Waals surface area contributed by atoms with Crippen LogP contribution in [0.15, 0.2) is 54.7 Å². The Morgan fingerprint density at radius 2 is 1.96 bits per heavy atom. The monoisotopic (exact) mass is 418 g/mol. The lowest BCUT2D eigenvalue weighted by Gasteiger charge is -2.09. The lowest BCUT2D eigenvalue weighted by molar-refractivity contribution is 0.101. The second-order valence-corrected chi connectivity index (χ2v) is 7.10. The number of nitrogens with zero attached hydrogens (tertiary/aromatic N) is 2. The smallest absolute Gasteiger partial charge is 0.176 e. The van der Waals surface area contributed by atoms with Gasteiger partial charge in [-0.15, -0.1) is 0 Å². The van der Waals surface area contributed by atoms with Crippen molar-refractivity contribution in [3.63, 3.8) is 0 Å². The summed E-state index contributed by atoms with van der Waals surface area (Å²) < 4.78 is 1.75. The van der Waals surface area contributed by atoms with Crippen molar-refractivity contribution in [1.29, 1.82) is 0 Å². The van der Waals surface area contributed by atoms with Crippen molar-refractivity contribution >= 4 is 57.8 Å². The van der Waals surface area contributed by atoms with Crippen LogP contribution >= 0.6 is 35.4 Å². The lowest BCUT2D eigenvalue weighted by Crippen LogP contribution is -2.19. The first-order valence-electron chi connectivity index (χ1n) is 8.07. The van der Waals surface area contributed by atoms with Gasteiger partial charge < -0.3 is 10.6 Å². The van der Waals surface area contributed by atoms with Gasteiger partial charge in [0.2, 0.25) is 0 Å². The van der Waals surface area contributed by atoms with Crippen molar-refractivity contribution < 1.29 is 4.79 Å². The van der Waals surface area contributed by atoms with E-state index in [0.29, 0.717) is 33.1 Å². The van der Waals surface area contributed by atoms with Gasteiger partial charge >= 0.3 is 0 Å². The van der Waals surface area contributed by atoms with Gasteiger partial charge in [0.05, 0.1) is 6.54 Å². The van der Waals surface area contributed by atoms with E-state index in [1.54, 1.807) is 35.0 Å². The number of hydrogen-bond donors (Lipinski definition) is 2. The Morgan fingerprint density at radius 3 is 2.70 bits per heavy atom. The highest BCUT2D eigenvalue weighted by Gasteiger charge is 2.07. The fourth-order valence-corrected chi connectivity index (χ4v) is 3.13. The highest BCUT2D eigenvalue weighted by atomic mass is 35.5. The number of carbonyl (C=O) groups excluding carboxylic acids is 1. The number of rotatable bonds is 5. The van der Waals surface area contributed by atoms with Crippen LogP contribution in [0.1, 0.15) is 22.8 Å². The summed E-state index contributed by atoms with van der Waals surface area (Å²) in [7, 11) is 0. The summed E-state index contributed by atoms with van der Waals surface area (Å²) in [6.45, 7) is 2.04. The maximum atomic E-state index is 11.5. The van der Waals surface area contributed by atoms with Gasteiger partial charge in [0.15, 0.2) is 16.7 Å². The predicted octanol–water partition coefficient (Wildman–Crippen LogP) is 5.25. The van der Waals surface area contributed by atoms with E-state index < -0.39 is 0 Å². The molecule has 1 heterocycles. The van der Waals surface area contributed by atoms with E-state index >= 15 is 0 Å². The molecule has 8 heteroatoms. The van der Waals surface area contributed by atoms with Crippen molar-refractivity contribution in [1.82, 2.24) is 9.78 Å². The van der Waals surface area contributed by atoms with Crippen LogP contribution in [0.25, 0.3) is 0 Å². The second-order valence-electron chi connectivity index (χ2n) is 5.85. The Kier molecular flexibility index (Phi) is 6.11. The third-order valence-electron chi connectivity index (χ3n) is 3.76. The molecule has 0 atom stereocenters. The third kappa shape index (κ3) is 5.29. The van der Waals surface area contributed by atoms with Crippen LogP contribution in [0.4, 0.5) is 11.5 Å². The summed E-state index contributed by atoms with van der Waals surface area (Å²) in [5.41, 5.74) is 2.26. The first-order chi connectivity index (χ1) is 12.9. The molecule has 0 unspecified atom stereocenters. The molecule has 138 valence electrons. The molecule has 5 nitrogen and oxygen atoms in total. The molecule has 0 spiro atoms. The van der Waals surface area contributed by atoms with Crippen LogP contribution in [-0.2, 0) is 6.54 Å². The van der Waals surface area contributed by atoms with E-state index in [4.69, 9.17) is 35.4 Å². The summed E-state index contributed by atoms with van der Waals surface area (Å²) in [6, 6.07) is 14.3. The Bertz CT molecular complexity index is 1000. The molecule has 27 heavy (non-hydrogen) atoms. The summed E-state index contributed by atoms with van der Waals surface area (Å²) >= 11 is 17.4. The molecular formula is C19H16Cl2N4OS. The minimum Gasteiger partial charge on any atom is -0.332 e. The van der Waals surface area contributed by atoms with Crippen molar-refractivity contribution in [3.05, 3.63) is 75.9 Å². The van der Waals surface area contributed by atoms with Crippen molar-refractivity contribution in [2.24, 2.45) is 0 Å². The van der Waals surface area contributed by atoms with Crippen molar-refractivity contribution in [2.45, 2.75) is 13.5 Å². The number of benzene rings is 2. The fraction of sp³-hybridized carbons (Fsp3) is 0.105. The first-order valence-corrected chi connectivity index (χ1v) is 9.23. The molecular weight excluding hydrogens is 403 g/mol. The zero-order valence-electron chi connectivity index (χ0n) is 14.4. The number of nitrogens with one attached hydrogen (secondary N) is 2. The van der Waals surface area contributed by atoms with Crippen molar-refractivity contribution in [2.75, 3.05) is 10.6 Å². The van der Waals surface area contributed by atoms with Gasteiger partial charge in [-0.25, -0.2) is 0 Å². The molecule has 2 aromatic carbocycles. The highest BCUT2D eigenvalue weighted by Crippen LogP contribution is 2.22. The Hall–Kier alpha value is -2.41. The third-order valence-corrected chi connectivity index (χ3v) is 4.55.